The van der Waals surface area contributed by atoms with Gasteiger partial charge in [-0.25, -0.2) is 0 Å². The molecular weight excluding hydrogens is 344 g/mol. The van der Waals surface area contributed by atoms with E-state index < -0.39 is 0 Å². The molecule has 1 unspecified atom stereocenters. The zero-order valence-corrected chi connectivity index (χ0v) is 16.8. The second-order valence-corrected chi connectivity index (χ2v) is 8.52. The summed E-state index contributed by atoms with van der Waals surface area (Å²) >= 11 is 0. The number of hydrogen-bond acceptors (Lipinski definition) is 2. The molecule has 2 aliphatic heterocycles. The molecule has 2 aromatic carbocycles. The van der Waals surface area contributed by atoms with Crippen LogP contribution >= 0.6 is 0 Å². The summed E-state index contributed by atoms with van der Waals surface area (Å²) in [6.07, 6.45) is 5.61. The number of nitrogens with zero attached hydrogens (tertiary/aromatic N) is 2. The van der Waals surface area contributed by atoms with Crippen LogP contribution in [-0.4, -0.2) is 41.9 Å². The summed E-state index contributed by atoms with van der Waals surface area (Å²) in [5, 5.41) is 0. The van der Waals surface area contributed by atoms with Crippen LogP contribution in [-0.2, 0) is 17.8 Å². The molecule has 0 aromatic heterocycles. The molecule has 28 heavy (non-hydrogen) atoms. The second-order valence-electron chi connectivity index (χ2n) is 8.52. The van der Waals surface area contributed by atoms with E-state index in [1.165, 1.54) is 11.1 Å². The molecule has 2 fully saturated rings. The van der Waals surface area contributed by atoms with Gasteiger partial charge in [0.25, 0.3) is 0 Å². The molecule has 0 radical (unpaired) electrons. The summed E-state index contributed by atoms with van der Waals surface area (Å²) < 4.78 is 0. The molecule has 0 aliphatic carbocycles. The lowest BCUT2D eigenvalue weighted by Gasteiger charge is -2.38. The number of benzene rings is 2. The Kier molecular flexibility index (Phi) is 6.43. The summed E-state index contributed by atoms with van der Waals surface area (Å²) in [5.74, 6) is 1.30. The second kappa shape index (κ2) is 9.38. The normalized spacial score (nSPS) is 21.6. The van der Waals surface area contributed by atoms with Crippen molar-refractivity contribution >= 4 is 5.91 Å². The third-order valence-corrected chi connectivity index (χ3v) is 6.40. The Morgan fingerprint density at radius 2 is 1.46 bits per heavy atom. The molecule has 1 atom stereocenters. The van der Waals surface area contributed by atoms with Gasteiger partial charge in [-0.15, -0.1) is 0 Å². The number of carbonyl (C=O) groups excluding carboxylic acids is 1. The lowest BCUT2D eigenvalue weighted by molar-refractivity contribution is -0.138. The number of piperidine rings is 2. The van der Waals surface area contributed by atoms with Gasteiger partial charge >= 0.3 is 0 Å². The van der Waals surface area contributed by atoms with Gasteiger partial charge in [0.05, 0.1) is 5.92 Å². The first-order valence-electron chi connectivity index (χ1n) is 10.9. The molecule has 0 bridgehead atoms. The molecule has 3 heteroatoms. The van der Waals surface area contributed by atoms with Crippen molar-refractivity contribution in [2.75, 3.05) is 26.2 Å². The number of amides is 1. The number of rotatable bonds is 5. The van der Waals surface area contributed by atoms with Crippen LogP contribution in [0.4, 0.5) is 0 Å². The van der Waals surface area contributed by atoms with Crippen molar-refractivity contribution in [3.8, 4) is 0 Å². The molecule has 2 saturated heterocycles. The van der Waals surface area contributed by atoms with Crippen molar-refractivity contribution in [1.82, 2.24) is 9.80 Å². The van der Waals surface area contributed by atoms with Crippen molar-refractivity contribution in [2.45, 2.75) is 38.6 Å². The first kappa shape index (κ1) is 19.2. The Balaban J connectivity index is 1.26. The minimum atomic E-state index is 0.183. The average molecular weight is 377 g/mol. The predicted octanol–water partition coefficient (Wildman–Crippen LogP) is 4.38. The van der Waals surface area contributed by atoms with E-state index in [2.05, 4.69) is 70.5 Å². The lowest BCUT2D eigenvalue weighted by atomic mass is 9.89. The molecule has 2 aromatic rings. The highest BCUT2D eigenvalue weighted by Crippen LogP contribution is 2.26. The van der Waals surface area contributed by atoms with Gasteiger partial charge in [0, 0.05) is 26.2 Å². The third kappa shape index (κ3) is 5.02. The highest BCUT2D eigenvalue weighted by Gasteiger charge is 2.31. The van der Waals surface area contributed by atoms with E-state index in [-0.39, 0.29) is 5.92 Å². The molecule has 2 aliphatic rings. The van der Waals surface area contributed by atoms with Gasteiger partial charge < -0.3 is 4.90 Å². The van der Waals surface area contributed by atoms with Crippen molar-refractivity contribution in [3.05, 3.63) is 71.8 Å². The van der Waals surface area contributed by atoms with E-state index in [1.807, 2.05) is 0 Å². The van der Waals surface area contributed by atoms with Crippen molar-refractivity contribution in [2.24, 2.45) is 11.8 Å². The van der Waals surface area contributed by atoms with Crippen LogP contribution in [0.5, 0.6) is 0 Å². The molecule has 0 saturated carbocycles. The van der Waals surface area contributed by atoms with Crippen molar-refractivity contribution in [1.29, 1.82) is 0 Å². The van der Waals surface area contributed by atoms with Gasteiger partial charge in [-0.2, -0.15) is 0 Å². The fourth-order valence-electron chi connectivity index (χ4n) is 4.81. The largest absolute Gasteiger partial charge is 0.342 e. The number of likely N-dealkylation sites (tertiary alicyclic amines) is 2. The van der Waals surface area contributed by atoms with Crippen LogP contribution in [0.25, 0.3) is 0 Å². The van der Waals surface area contributed by atoms with Gasteiger partial charge in [-0.05, 0) is 55.7 Å². The average Bonchev–Trinajstić information content (AvgIpc) is 2.75. The number of carbonyl (C=O) groups is 1. The molecular formula is C25H32N2O. The van der Waals surface area contributed by atoms with Crippen LogP contribution in [0.1, 0.15) is 36.8 Å². The Labute approximate surface area is 169 Å². The quantitative estimate of drug-likeness (QED) is 0.773. The van der Waals surface area contributed by atoms with E-state index in [1.54, 1.807) is 0 Å². The Bertz CT molecular complexity index is 738. The maximum Gasteiger partial charge on any atom is 0.226 e. The highest BCUT2D eigenvalue weighted by atomic mass is 16.2. The zero-order chi connectivity index (χ0) is 19.2. The summed E-state index contributed by atoms with van der Waals surface area (Å²) in [4.78, 5) is 17.7. The Hall–Kier alpha value is -2.13. The SMILES string of the molecule is O=C(C1CCCN(Cc2ccccc2)C1)N1CCC(Cc2ccccc2)CC1. The Morgan fingerprint density at radius 1 is 0.821 bits per heavy atom. The first-order chi connectivity index (χ1) is 13.8. The van der Waals surface area contributed by atoms with Crippen molar-refractivity contribution < 1.29 is 4.79 Å². The zero-order valence-electron chi connectivity index (χ0n) is 16.8. The molecule has 4 rings (SSSR count). The maximum atomic E-state index is 13.1. The molecule has 3 nitrogen and oxygen atoms in total. The van der Waals surface area contributed by atoms with E-state index in [0.29, 0.717) is 11.8 Å². The topological polar surface area (TPSA) is 23.6 Å². The van der Waals surface area contributed by atoms with Crippen LogP contribution in [0.2, 0.25) is 0 Å². The molecule has 2 heterocycles. The molecule has 148 valence electrons. The molecule has 0 N–H and O–H groups in total. The van der Waals surface area contributed by atoms with Gasteiger partial charge in [0.1, 0.15) is 0 Å². The minimum Gasteiger partial charge on any atom is -0.342 e. The smallest absolute Gasteiger partial charge is 0.226 e. The monoisotopic (exact) mass is 376 g/mol. The van der Waals surface area contributed by atoms with Gasteiger partial charge in [-0.1, -0.05) is 60.7 Å². The standard InChI is InChI=1S/C25H32N2O/c28-25(24-12-7-15-26(20-24)19-23-10-5-2-6-11-23)27-16-13-22(14-17-27)18-21-8-3-1-4-9-21/h1-6,8-11,22,24H,7,12-20H2. The highest BCUT2D eigenvalue weighted by molar-refractivity contribution is 5.79. The predicted molar refractivity (Wildman–Crippen MR) is 114 cm³/mol. The van der Waals surface area contributed by atoms with E-state index >= 15 is 0 Å². The third-order valence-electron chi connectivity index (χ3n) is 6.40. The fourth-order valence-corrected chi connectivity index (χ4v) is 4.81. The van der Waals surface area contributed by atoms with Gasteiger partial charge in [-0.3, -0.25) is 9.69 Å². The van der Waals surface area contributed by atoms with Crippen LogP contribution < -0.4 is 0 Å². The van der Waals surface area contributed by atoms with Crippen LogP contribution in [0.3, 0.4) is 0 Å². The maximum absolute atomic E-state index is 13.1. The van der Waals surface area contributed by atoms with E-state index in [4.69, 9.17) is 0 Å². The molecule has 0 spiro atoms. The van der Waals surface area contributed by atoms with Crippen LogP contribution in [0, 0.1) is 11.8 Å². The summed E-state index contributed by atoms with van der Waals surface area (Å²) in [6.45, 7) is 4.86. The summed E-state index contributed by atoms with van der Waals surface area (Å²) in [6, 6.07) is 21.4. The molecule has 1 amide bonds. The fraction of sp³-hybridized carbons (Fsp3) is 0.480. The lowest BCUT2D eigenvalue weighted by Crippen LogP contribution is -2.47. The minimum absolute atomic E-state index is 0.183. The van der Waals surface area contributed by atoms with Gasteiger partial charge in [0.2, 0.25) is 5.91 Å². The Morgan fingerprint density at radius 3 is 2.14 bits per heavy atom. The van der Waals surface area contributed by atoms with Gasteiger partial charge in [0.15, 0.2) is 0 Å². The van der Waals surface area contributed by atoms with Crippen LogP contribution in [0.15, 0.2) is 60.7 Å². The summed E-state index contributed by atoms with van der Waals surface area (Å²) in [5.41, 5.74) is 2.77. The summed E-state index contributed by atoms with van der Waals surface area (Å²) in [7, 11) is 0. The van der Waals surface area contributed by atoms with Crippen molar-refractivity contribution in [3.63, 3.8) is 0 Å². The first-order valence-corrected chi connectivity index (χ1v) is 10.9. The van der Waals surface area contributed by atoms with E-state index in [0.717, 1.165) is 64.8 Å². The number of hydrogen-bond donors (Lipinski definition) is 0. The van der Waals surface area contributed by atoms with E-state index in [9.17, 15) is 4.79 Å².